The summed E-state index contributed by atoms with van der Waals surface area (Å²) in [6.45, 7) is 0. The molecule has 0 aliphatic carbocycles. The third kappa shape index (κ3) is 151. The first-order valence-electron chi connectivity index (χ1n) is 0. The van der Waals surface area contributed by atoms with Gasteiger partial charge in [0.25, 0.3) is 0 Å². The van der Waals surface area contributed by atoms with Crippen LogP contribution in [0, 0.1) is 41.7 Å². The summed E-state index contributed by atoms with van der Waals surface area (Å²) in [6, 6.07) is 0. The summed E-state index contributed by atoms with van der Waals surface area (Å²) in [5.41, 5.74) is 0. The molecule has 12 N–H and O–H groups in total. The van der Waals surface area contributed by atoms with Gasteiger partial charge in [-0.05, 0) is 0 Å². The van der Waals surface area contributed by atoms with E-state index >= 15 is 0 Å². The second kappa shape index (κ2) is 228. The Balaban J connectivity index is 0. The van der Waals surface area contributed by atoms with E-state index in [0.29, 0.717) is 0 Å². The van der Waals surface area contributed by atoms with Gasteiger partial charge in [-0.3, -0.25) is 0 Å². The van der Waals surface area contributed by atoms with Gasteiger partial charge in [-0.2, -0.15) is 0 Å². The zero-order valence-corrected chi connectivity index (χ0v) is 7.77. The van der Waals surface area contributed by atoms with Crippen LogP contribution in [0.1, 0.15) is 0 Å². The molecule has 0 aromatic carbocycles. The predicted octanol–water partition coefficient (Wildman–Crippen LogP) is -7.94. The van der Waals surface area contributed by atoms with Gasteiger partial charge >= 0.3 is 41.7 Å². The first-order valence-corrected chi connectivity index (χ1v) is 0. The van der Waals surface area contributed by atoms with Crippen LogP contribution in [0.25, 0.3) is 0 Å². The SMILES string of the molecule is O.O.O.O.O.O.[Ce+4].[Cl-]. The van der Waals surface area contributed by atoms with Crippen molar-refractivity contribution in [1.29, 1.82) is 0 Å². The van der Waals surface area contributed by atoms with Crippen LogP contribution in [0.15, 0.2) is 0 Å². The fourth-order valence-corrected chi connectivity index (χ4v) is 0. The Hall–Kier alpha value is 1.43. The molecule has 0 radical (unpaired) electrons. The van der Waals surface area contributed by atoms with Crippen molar-refractivity contribution in [3.8, 4) is 0 Å². The van der Waals surface area contributed by atoms with Crippen molar-refractivity contribution < 1.29 is 87.0 Å². The first kappa shape index (κ1) is 329. The van der Waals surface area contributed by atoms with E-state index in [1.807, 2.05) is 0 Å². The van der Waals surface area contributed by atoms with E-state index in [4.69, 9.17) is 0 Å². The van der Waals surface area contributed by atoms with Crippen molar-refractivity contribution in [2.75, 3.05) is 0 Å². The van der Waals surface area contributed by atoms with Crippen LogP contribution in [0.3, 0.4) is 0 Å². The largest absolute Gasteiger partial charge is 4.00 e. The maximum absolute atomic E-state index is 0. The van der Waals surface area contributed by atoms with E-state index in [1.54, 1.807) is 0 Å². The smallest absolute Gasteiger partial charge is 1.00 e. The molecular weight excluding hydrogens is 272 g/mol. The van der Waals surface area contributed by atoms with E-state index in [1.165, 1.54) is 0 Å². The van der Waals surface area contributed by atoms with Crippen LogP contribution >= 0.6 is 0 Å². The Bertz CT molecular complexity index is 8.49. The van der Waals surface area contributed by atoms with Crippen molar-refractivity contribution in [3.63, 3.8) is 0 Å². The number of rotatable bonds is 0. The van der Waals surface area contributed by atoms with Gasteiger partial charge in [0, 0.05) is 0 Å². The molecule has 0 aromatic rings. The molecule has 0 rings (SSSR count). The van der Waals surface area contributed by atoms with Gasteiger partial charge in [-0.25, -0.2) is 0 Å². The van der Waals surface area contributed by atoms with Crippen molar-refractivity contribution in [2.24, 2.45) is 0 Å². The minimum atomic E-state index is 0. The van der Waals surface area contributed by atoms with E-state index < -0.39 is 0 Å². The van der Waals surface area contributed by atoms with Crippen molar-refractivity contribution >= 4 is 0 Å². The molecule has 0 atom stereocenters. The first-order chi connectivity index (χ1) is 0. The molecule has 0 heterocycles. The molecule has 0 aliphatic rings. The van der Waals surface area contributed by atoms with Crippen molar-refractivity contribution in [1.82, 2.24) is 0 Å². The molecule has 8 heavy (non-hydrogen) atoms. The average Bonchev–Trinajstić information content (AvgIpc) is 0. The molecule has 0 aromatic heterocycles. The molecule has 0 saturated heterocycles. The van der Waals surface area contributed by atoms with E-state index in [0.717, 1.165) is 0 Å². The van der Waals surface area contributed by atoms with Gasteiger partial charge in [0.05, 0.1) is 0 Å². The molecule has 0 unspecified atom stereocenters. The summed E-state index contributed by atoms with van der Waals surface area (Å²) in [7, 11) is 0. The van der Waals surface area contributed by atoms with Crippen LogP contribution in [-0.4, -0.2) is 32.9 Å². The van der Waals surface area contributed by atoms with Crippen LogP contribution in [0.2, 0.25) is 0 Å². The Morgan fingerprint density at radius 3 is 0.375 bits per heavy atom. The number of hydrogen-bond acceptors (Lipinski definition) is 0. The summed E-state index contributed by atoms with van der Waals surface area (Å²) >= 11 is 0. The summed E-state index contributed by atoms with van der Waals surface area (Å²) < 4.78 is 0. The monoisotopic (exact) mass is 283 g/mol. The maximum atomic E-state index is 0. The Morgan fingerprint density at radius 2 is 0.375 bits per heavy atom. The topological polar surface area (TPSA) is 189 Å². The summed E-state index contributed by atoms with van der Waals surface area (Å²) in [4.78, 5) is 0. The normalized spacial score (nSPS) is 0. The van der Waals surface area contributed by atoms with Crippen LogP contribution in [0.5, 0.6) is 0 Å². The molecule has 0 aliphatic heterocycles. The minimum absolute atomic E-state index is 0. The zero-order valence-electron chi connectivity index (χ0n) is 3.88. The fraction of sp³-hybridized carbons (Fsp3) is 0. The Labute approximate surface area is 86.3 Å². The van der Waals surface area contributed by atoms with Gasteiger partial charge in [-0.1, -0.05) is 0 Å². The molecule has 8 heteroatoms. The zero-order chi connectivity index (χ0) is 0. The summed E-state index contributed by atoms with van der Waals surface area (Å²) in [5, 5.41) is 0. The number of hydrogen-bond donors (Lipinski definition) is 0. The predicted molar refractivity (Wildman–Crippen MR) is 21.7 cm³/mol. The van der Waals surface area contributed by atoms with Crippen molar-refractivity contribution in [3.05, 3.63) is 0 Å². The quantitative estimate of drug-likeness (QED) is 0.408. The summed E-state index contributed by atoms with van der Waals surface area (Å²) in [6.07, 6.45) is 0. The fourth-order valence-electron chi connectivity index (χ4n) is 0. The Kier molecular flexibility index (Phi) is 9390. The molecular formula is H12CeClO6+3. The molecule has 0 bridgehead atoms. The number of halogens is 1. The standard InChI is InChI=1S/Ce.ClH.6H2O/h;1H;6*1H2/q+4;;;;;;;/p-1. The molecule has 6 nitrogen and oxygen atoms in total. The van der Waals surface area contributed by atoms with E-state index in [-0.39, 0.29) is 87.0 Å². The minimum Gasteiger partial charge on any atom is -1.00 e. The van der Waals surface area contributed by atoms with Crippen molar-refractivity contribution in [2.45, 2.75) is 0 Å². The third-order valence-electron chi connectivity index (χ3n) is 0. The van der Waals surface area contributed by atoms with E-state index in [9.17, 15) is 0 Å². The van der Waals surface area contributed by atoms with Gasteiger partial charge in [0.15, 0.2) is 0 Å². The Morgan fingerprint density at radius 1 is 0.375 bits per heavy atom. The molecule has 0 fully saturated rings. The van der Waals surface area contributed by atoms with E-state index in [2.05, 4.69) is 0 Å². The molecule has 0 saturated carbocycles. The average molecular weight is 284 g/mol. The van der Waals surface area contributed by atoms with Crippen LogP contribution in [-0.2, 0) is 0 Å². The van der Waals surface area contributed by atoms with Crippen LogP contribution < -0.4 is 12.4 Å². The van der Waals surface area contributed by atoms with Crippen LogP contribution in [0.4, 0.5) is 0 Å². The van der Waals surface area contributed by atoms with Gasteiger partial charge in [0.2, 0.25) is 0 Å². The summed E-state index contributed by atoms with van der Waals surface area (Å²) in [5.74, 6) is 0. The van der Waals surface area contributed by atoms with Gasteiger partial charge < -0.3 is 45.3 Å². The third-order valence-corrected chi connectivity index (χ3v) is 0. The molecule has 0 spiro atoms. The van der Waals surface area contributed by atoms with Gasteiger partial charge in [-0.15, -0.1) is 0 Å². The second-order valence-electron chi connectivity index (χ2n) is 0. The molecule has 0 amide bonds. The molecule has 56 valence electrons. The maximum Gasteiger partial charge on any atom is 4.00 e. The second-order valence-corrected chi connectivity index (χ2v) is 0. The van der Waals surface area contributed by atoms with Gasteiger partial charge in [0.1, 0.15) is 0 Å².